The maximum Gasteiger partial charge on any atom is 0.274 e. The van der Waals surface area contributed by atoms with Gasteiger partial charge in [0.05, 0.1) is 17.6 Å². The Morgan fingerprint density at radius 3 is 2.68 bits per heavy atom. The lowest BCUT2D eigenvalue weighted by Gasteiger charge is -2.07. The largest absolute Gasteiger partial charge is 0.366 e. The van der Waals surface area contributed by atoms with Gasteiger partial charge in [-0.2, -0.15) is 0 Å². The first-order valence-corrected chi connectivity index (χ1v) is 5.33. The monoisotopic (exact) mass is 258 g/mol. The molecule has 0 radical (unpaired) electrons. The zero-order valence-electron chi connectivity index (χ0n) is 9.71. The van der Waals surface area contributed by atoms with Crippen molar-refractivity contribution in [1.82, 2.24) is 9.97 Å². The molecule has 7 heteroatoms. The molecule has 0 aliphatic carbocycles. The van der Waals surface area contributed by atoms with Crippen LogP contribution in [0.2, 0.25) is 0 Å². The summed E-state index contributed by atoms with van der Waals surface area (Å²) in [4.78, 5) is 40.2. The van der Waals surface area contributed by atoms with Gasteiger partial charge in [0.15, 0.2) is 0 Å². The van der Waals surface area contributed by atoms with Crippen LogP contribution in [0, 0.1) is 0 Å². The molecule has 0 atom stereocenters. The van der Waals surface area contributed by atoms with E-state index < -0.39 is 17.4 Å². The second-order valence-electron chi connectivity index (χ2n) is 3.66. The van der Waals surface area contributed by atoms with Crippen LogP contribution >= 0.6 is 0 Å². The SMILES string of the molecule is NC(=O)c1ccccc1NC(=O)c1cc(=O)[nH]cn1. The average molecular weight is 258 g/mol. The van der Waals surface area contributed by atoms with E-state index in [0.717, 1.165) is 12.4 Å². The van der Waals surface area contributed by atoms with Gasteiger partial charge in [0.25, 0.3) is 17.4 Å². The van der Waals surface area contributed by atoms with Gasteiger partial charge in [0.1, 0.15) is 5.69 Å². The van der Waals surface area contributed by atoms with Gasteiger partial charge in [0.2, 0.25) is 0 Å². The molecule has 4 N–H and O–H groups in total. The Bertz CT molecular complexity index is 693. The predicted molar refractivity (Wildman–Crippen MR) is 67.8 cm³/mol. The fourth-order valence-electron chi connectivity index (χ4n) is 1.49. The Hall–Kier alpha value is -2.96. The smallest absolute Gasteiger partial charge is 0.274 e. The van der Waals surface area contributed by atoms with E-state index in [4.69, 9.17) is 5.73 Å². The number of rotatable bonds is 3. The van der Waals surface area contributed by atoms with Crippen molar-refractivity contribution in [2.75, 3.05) is 5.32 Å². The summed E-state index contributed by atoms with van der Waals surface area (Å²) < 4.78 is 0. The molecule has 0 bridgehead atoms. The minimum Gasteiger partial charge on any atom is -0.366 e. The molecule has 1 heterocycles. The molecule has 0 spiro atoms. The quantitative estimate of drug-likeness (QED) is 0.724. The Balaban J connectivity index is 2.29. The third-order valence-electron chi connectivity index (χ3n) is 2.35. The molecule has 0 aliphatic heterocycles. The highest BCUT2D eigenvalue weighted by Crippen LogP contribution is 2.14. The van der Waals surface area contributed by atoms with Crippen molar-refractivity contribution in [1.29, 1.82) is 0 Å². The number of aromatic nitrogens is 2. The molecule has 1 aromatic carbocycles. The summed E-state index contributed by atoms with van der Waals surface area (Å²) in [5, 5.41) is 2.48. The van der Waals surface area contributed by atoms with Gasteiger partial charge in [-0.05, 0) is 12.1 Å². The first-order valence-electron chi connectivity index (χ1n) is 5.33. The van der Waals surface area contributed by atoms with Gasteiger partial charge in [-0.15, -0.1) is 0 Å². The number of hydrogen-bond acceptors (Lipinski definition) is 4. The lowest BCUT2D eigenvalue weighted by molar-refractivity contribution is 0.100. The van der Waals surface area contributed by atoms with E-state index >= 15 is 0 Å². The first-order chi connectivity index (χ1) is 9.08. The van der Waals surface area contributed by atoms with Gasteiger partial charge in [0, 0.05) is 6.07 Å². The van der Waals surface area contributed by atoms with Gasteiger partial charge in [-0.3, -0.25) is 14.4 Å². The molecular weight excluding hydrogens is 248 g/mol. The summed E-state index contributed by atoms with van der Waals surface area (Å²) in [6.45, 7) is 0. The summed E-state index contributed by atoms with van der Waals surface area (Å²) in [5.41, 5.74) is 5.15. The maximum atomic E-state index is 11.9. The molecule has 2 amide bonds. The summed E-state index contributed by atoms with van der Waals surface area (Å²) in [6, 6.07) is 7.35. The Kier molecular flexibility index (Phi) is 3.37. The van der Waals surface area contributed by atoms with E-state index in [9.17, 15) is 14.4 Å². The van der Waals surface area contributed by atoms with Crippen molar-refractivity contribution in [3.63, 3.8) is 0 Å². The third-order valence-corrected chi connectivity index (χ3v) is 2.35. The van der Waals surface area contributed by atoms with E-state index in [1.54, 1.807) is 12.1 Å². The highest BCUT2D eigenvalue weighted by molar-refractivity contribution is 6.07. The number of aromatic amines is 1. The lowest BCUT2D eigenvalue weighted by Crippen LogP contribution is -2.20. The van der Waals surface area contributed by atoms with Gasteiger partial charge < -0.3 is 16.0 Å². The van der Waals surface area contributed by atoms with Crippen LogP contribution < -0.4 is 16.6 Å². The van der Waals surface area contributed by atoms with Crippen LogP contribution in [0.4, 0.5) is 5.69 Å². The highest BCUT2D eigenvalue weighted by Gasteiger charge is 2.12. The number of H-pyrrole nitrogens is 1. The van der Waals surface area contributed by atoms with E-state index in [1.807, 2.05) is 0 Å². The number of carbonyl (C=O) groups is 2. The van der Waals surface area contributed by atoms with Crippen molar-refractivity contribution in [3.8, 4) is 0 Å². The normalized spacial score (nSPS) is 9.89. The molecule has 7 nitrogen and oxygen atoms in total. The van der Waals surface area contributed by atoms with Gasteiger partial charge >= 0.3 is 0 Å². The Labute approximate surface area is 107 Å². The number of nitrogens with two attached hydrogens (primary N) is 1. The molecule has 0 aliphatic rings. The molecular formula is C12H10N4O3. The number of primary amides is 1. The predicted octanol–water partition coefficient (Wildman–Crippen LogP) is 0.121. The zero-order chi connectivity index (χ0) is 13.8. The Morgan fingerprint density at radius 2 is 2.00 bits per heavy atom. The number of nitrogens with zero attached hydrogens (tertiary/aromatic N) is 1. The van der Waals surface area contributed by atoms with Crippen molar-refractivity contribution in [2.24, 2.45) is 5.73 Å². The summed E-state index contributed by atoms with van der Waals surface area (Å²) >= 11 is 0. The van der Waals surface area contributed by atoms with Crippen LogP contribution in [0.3, 0.4) is 0 Å². The van der Waals surface area contributed by atoms with Crippen LogP contribution in [0.5, 0.6) is 0 Å². The molecule has 0 saturated heterocycles. The van der Waals surface area contributed by atoms with E-state index in [0.29, 0.717) is 0 Å². The minimum atomic E-state index is -0.658. The van der Waals surface area contributed by atoms with Crippen molar-refractivity contribution in [3.05, 3.63) is 58.3 Å². The molecule has 0 unspecified atom stereocenters. The number of benzene rings is 1. The van der Waals surface area contributed by atoms with Crippen LogP contribution in [0.1, 0.15) is 20.8 Å². The van der Waals surface area contributed by atoms with Crippen molar-refractivity contribution >= 4 is 17.5 Å². The van der Waals surface area contributed by atoms with Crippen molar-refractivity contribution < 1.29 is 9.59 Å². The molecule has 0 saturated carbocycles. The molecule has 19 heavy (non-hydrogen) atoms. The van der Waals surface area contributed by atoms with Gasteiger partial charge in [-0.25, -0.2) is 4.98 Å². The minimum absolute atomic E-state index is 0.0528. The molecule has 96 valence electrons. The summed E-state index contributed by atoms with van der Waals surface area (Å²) in [7, 11) is 0. The van der Waals surface area contributed by atoms with Crippen LogP contribution in [0.25, 0.3) is 0 Å². The zero-order valence-corrected chi connectivity index (χ0v) is 9.71. The number of nitrogens with one attached hydrogen (secondary N) is 2. The maximum absolute atomic E-state index is 11.9. The average Bonchev–Trinajstić information content (AvgIpc) is 2.39. The van der Waals surface area contributed by atoms with Crippen LogP contribution in [0.15, 0.2) is 41.5 Å². The van der Waals surface area contributed by atoms with E-state index in [-0.39, 0.29) is 16.9 Å². The molecule has 2 rings (SSSR count). The second-order valence-corrected chi connectivity index (χ2v) is 3.66. The molecule has 0 fully saturated rings. The van der Waals surface area contributed by atoms with E-state index in [2.05, 4.69) is 15.3 Å². The first kappa shape index (κ1) is 12.5. The number of para-hydroxylation sites is 1. The number of carbonyl (C=O) groups excluding carboxylic acids is 2. The summed E-state index contributed by atoms with van der Waals surface area (Å²) in [6.07, 6.45) is 1.12. The topological polar surface area (TPSA) is 118 Å². The fraction of sp³-hybridized carbons (Fsp3) is 0. The van der Waals surface area contributed by atoms with Crippen molar-refractivity contribution in [2.45, 2.75) is 0 Å². The van der Waals surface area contributed by atoms with Crippen LogP contribution in [-0.4, -0.2) is 21.8 Å². The molecule has 2 aromatic rings. The third kappa shape index (κ3) is 2.83. The van der Waals surface area contributed by atoms with Gasteiger partial charge in [-0.1, -0.05) is 12.1 Å². The summed E-state index contributed by atoms with van der Waals surface area (Å²) in [5.74, 6) is -1.26. The van der Waals surface area contributed by atoms with Crippen LogP contribution in [-0.2, 0) is 0 Å². The Morgan fingerprint density at radius 1 is 1.26 bits per heavy atom. The van der Waals surface area contributed by atoms with E-state index in [1.165, 1.54) is 12.1 Å². The second kappa shape index (κ2) is 5.13. The number of anilines is 1. The number of hydrogen-bond donors (Lipinski definition) is 3. The lowest BCUT2D eigenvalue weighted by atomic mass is 10.1. The number of amides is 2. The molecule has 1 aromatic heterocycles. The fourth-order valence-corrected chi connectivity index (χ4v) is 1.49. The standard InChI is InChI=1S/C12H10N4O3/c13-11(18)7-3-1-2-4-8(7)16-12(19)9-5-10(17)15-6-14-9/h1-6H,(H2,13,18)(H,16,19)(H,14,15,17). The highest BCUT2D eigenvalue weighted by atomic mass is 16.2.